The van der Waals surface area contributed by atoms with Crippen molar-refractivity contribution in [2.24, 2.45) is 0 Å². The molecule has 26 heavy (non-hydrogen) atoms. The van der Waals surface area contributed by atoms with Crippen molar-refractivity contribution in [3.63, 3.8) is 0 Å². The molecule has 3 aromatic carbocycles. The molecule has 0 amide bonds. The maximum absolute atomic E-state index is 12.4. The Morgan fingerprint density at radius 2 is 1.35 bits per heavy atom. The first-order chi connectivity index (χ1) is 12.5. The summed E-state index contributed by atoms with van der Waals surface area (Å²) in [5, 5.41) is 3.41. The minimum absolute atomic E-state index is 0.0436. The smallest absolute Gasteiger partial charge is 0.263 e. The van der Waals surface area contributed by atoms with Gasteiger partial charge in [-0.1, -0.05) is 23.7 Å². The first-order valence-corrected chi connectivity index (χ1v) is 9.62. The van der Waals surface area contributed by atoms with E-state index >= 15 is 0 Å². The van der Waals surface area contributed by atoms with Crippen LogP contribution >= 0.6 is 11.6 Å². The van der Waals surface area contributed by atoms with E-state index in [4.69, 9.17) is 16.3 Å². The third-order valence-electron chi connectivity index (χ3n) is 3.64. The van der Waals surface area contributed by atoms with Crippen molar-refractivity contribution in [2.45, 2.75) is 4.90 Å². The highest BCUT2D eigenvalue weighted by molar-refractivity contribution is 7.92. The summed E-state index contributed by atoms with van der Waals surface area (Å²) in [6, 6.07) is 20.7. The molecular formula is C19H17ClN2O3S. The van der Waals surface area contributed by atoms with E-state index in [0.29, 0.717) is 5.69 Å². The van der Waals surface area contributed by atoms with Gasteiger partial charge >= 0.3 is 0 Å². The highest BCUT2D eigenvalue weighted by atomic mass is 35.5. The summed E-state index contributed by atoms with van der Waals surface area (Å²) >= 11 is 5.97. The van der Waals surface area contributed by atoms with E-state index < -0.39 is 10.0 Å². The second kappa shape index (κ2) is 7.68. The number of sulfonamides is 1. The number of halogens is 1. The van der Waals surface area contributed by atoms with Crippen LogP contribution in [-0.2, 0) is 10.0 Å². The molecule has 0 aromatic heterocycles. The summed E-state index contributed by atoms with van der Waals surface area (Å²) in [5.74, 6) is 0.778. The maximum Gasteiger partial charge on any atom is 0.263 e. The Morgan fingerprint density at radius 1 is 0.808 bits per heavy atom. The van der Waals surface area contributed by atoms with Crippen LogP contribution in [0.5, 0.6) is 5.75 Å². The predicted molar refractivity (Wildman–Crippen MR) is 105 cm³/mol. The molecular weight excluding hydrogens is 372 g/mol. The van der Waals surface area contributed by atoms with Crippen LogP contribution < -0.4 is 14.8 Å². The van der Waals surface area contributed by atoms with Crippen LogP contribution in [0.2, 0.25) is 5.02 Å². The first kappa shape index (κ1) is 18.1. The normalized spacial score (nSPS) is 11.0. The lowest BCUT2D eigenvalue weighted by atomic mass is 10.2. The Labute approximate surface area is 157 Å². The number of ether oxygens (including phenoxy) is 1. The summed E-state index contributed by atoms with van der Waals surface area (Å²) in [6.07, 6.45) is 0. The van der Waals surface area contributed by atoms with Crippen LogP contribution in [0.1, 0.15) is 0 Å². The van der Waals surface area contributed by atoms with Gasteiger partial charge in [-0.2, -0.15) is 0 Å². The summed E-state index contributed by atoms with van der Waals surface area (Å²) in [6.45, 7) is 0. The Morgan fingerprint density at radius 3 is 1.92 bits per heavy atom. The summed E-state index contributed by atoms with van der Waals surface area (Å²) in [4.78, 5) is 0.0436. The molecule has 0 bridgehead atoms. The van der Waals surface area contributed by atoms with E-state index in [2.05, 4.69) is 10.0 Å². The SMILES string of the molecule is COc1ccc(Nc2ccc(NS(=O)(=O)c3ccccc3Cl)cc2)cc1. The number of hydrogen-bond acceptors (Lipinski definition) is 4. The second-order valence-electron chi connectivity index (χ2n) is 5.47. The molecule has 0 spiro atoms. The van der Waals surface area contributed by atoms with Crippen LogP contribution in [-0.4, -0.2) is 15.5 Å². The van der Waals surface area contributed by atoms with Crippen LogP contribution in [0.15, 0.2) is 77.7 Å². The van der Waals surface area contributed by atoms with Crippen molar-refractivity contribution >= 4 is 38.7 Å². The van der Waals surface area contributed by atoms with E-state index in [1.165, 1.54) is 12.1 Å². The fraction of sp³-hybridized carbons (Fsp3) is 0.0526. The van der Waals surface area contributed by atoms with Crippen molar-refractivity contribution in [1.82, 2.24) is 0 Å². The molecule has 3 rings (SSSR count). The third-order valence-corrected chi connectivity index (χ3v) is 5.52. The summed E-state index contributed by atoms with van der Waals surface area (Å²) < 4.78 is 32.5. The average Bonchev–Trinajstić information content (AvgIpc) is 2.64. The monoisotopic (exact) mass is 388 g/mol. The highest BCUT2D eigenvalue weighted by Crippen LogP contribution is 2.25. The number of anilines is 3. The fourth-order valence-corrected chi connectivity index (χ4v) is 3.91. The molecule has 0 radical (unpaired) electrons. The zero-order valence-corrected chi connectivity index (χ0v) is 15.5. The van der Waals surface area contributed by atoms with Gasteiger partial charge in [-0.25, -0.2) is 8.42 Å². The molecule has 2 N–H and O–H groups in total. The van der Waals surface area contributed by atoms with Gasteiger partial charge in [-0.3, -0.25) is 4.72 Å². The number of benzene rings is 3. The van der Waals surface area contributed by atoms with Crippen molar-refractivity contribution in [2.75, 3.05) is 17.1 Å². The number of rotatable bonds is 6. The van der Waals surface area contributed by atoms with Gasteiger partial charge in [0.25, 0.3) is 10.0 Å². The van der Waals surface area contributed by atoms with E-state index in [1.807, 2.05) is 24.3 Å². The minimum atomic E-state index is -3.74. The van der Waals surface area contributed by atoms with Crippen LogP contribution in [0.4, 0.5) is 17.1 Å². The molecule has 0 saturated carbocycles. The summed E-state index contributed by atoms with van der Waals surface area (Å²) in [7, 11) is -2.12. The van der Waals surface area contributed by atoms with Gasteiger partial charge < -0.3 is 10.1 Å². The highest BCUT2D eigenvalue weighted by Gasteiger charge is 2.17. The Balaban J connectivity index is 1.72. The van der Waals surface area contributed by atoms with Gasteiger partial charge in [0.05, 0.1) is 12.1 Å². The quantitative estimate of drug-likeness (QED) is 0.630. The van der Waals surface area contributed by atoms with Gasteiger partial charge in [-0.15, -0.1) is 0 Å². The molecule has 0 atom stereocenters. The predicted octanol–water partition coefficient (Wildman–Crippen LogP) is 4.89. The maximum atomic E-state index is 12.4. The molecule has 7 heteroatoms. The molecule has 0 fully saturated rings. The zero-order chi connectivity index (χ0) is 18.6. The fourth-order valence-electron chi connectivity index (χ4n) is 2.34. The van der Waals surface area contributed by atoms with Crippen molar-refractivity contribution < 1.29 is 13.2 Å². The first-order valence-electron chi connectivity index (χ1n) is 7.76. The van der Waals surface area contributed by atoms with Crippen molar-refractivity contribution in [3.05, 3.63) is 77.8 Å². The molecule has 134 valence electrons. The largest absolute Gasteiger partial charge is 0.497 e. The molecule has 0 unspecified atom stereocenters. The third kappa shape index (κ3) is 4.28. The summed E-state index contributed by atoms with van der Waals surface area (Å²) in [5.41, 5.74) is 2.18. The molecule has 0 aliphatic rings. The second-order valence-corrected chi connectivity index (χ2v) is 7.52. The zero-order valence-electron chi connectivity index (χ0n) is 13.9. The van der Waals surface area contributed by atoms with Crippen LogP contribution in [0.3, 0.4) is 0 Å². The van der Waals surface area contributed by atoms with Crippen molar-refractivity contribution in [3.8, 4) is 5.75 Å². The van der Waals surface area contributed by atoms with E-state index in [9.17, 15) is 8.42 Å². The van der Waals surface area contributed by atoms with E-state index in [-0.39, 0.29) is 9.92 Å². The topological polar surface area (TPSA) is 67.4 Å². The molecule has 0 saturated heterocycles. The van der Waals surface area contributed by atoms with Gasteiger partial charge in [0, 0.05) is 17.1 Å². The number of hydrogen-bond donors (Lipinski definition) is 2. The number of nitrogens with one attached hydrogen (secondary N) is 2. The molecule has 0 aliphatic carbocycles. The Kier molecular flexibility index (Phi) is 5.35. The lowest BCUT2D eigenvalue weighted by Gasteiger charge is -2.11. The van der Waals surface area contributed by atoms with E-state index in [0.717, 1.165) is 17.1 Å². The van der Waals surface area contributed by atoms with Gasteiger partial charge in [0.1, 0.15) is 10.6 Å². The molecule has 5 nitrogen and oxygen atoms in total. The molecule has 0 aliphatic heterocycles. The average molecular weight is 389 g/mol. The van der Waals surface area contributed by atoms with Crippen molar-refractivity contribution in [1.29, 1.82) is 0 Å². The lowest BCUT2D eigenvalue weighted by molar-refractivity contribution is 0.415. The standard InChI is InChI=1S/C19H17ClN2O3S/c1-25-17-12-10-15(11-13-17)21-14-6-8-16(9-7-14)22-26(23,24)19-5-3-2-4-18(19)20/h2-13,21-22H,1H3. The number of methoxy groups -OCH3 is 1. The van der Waals surface area contributed by atoms with Gasteiger partial charge in [-0.05, 0) is 60.7 Å². The van der Waals surface area contributed by atoms with E-state index in [1.54, 1.807) is 43.5 Å². The molecule has 3 aromatic rings. The minimum Gasteiger partial charge on any atom is -0.497 e. The Hall–Kier alpha value is -2.70. The Bertz CT molecular complexity index is 988. The van der Waals surface area contributed by atoms with Gasteiger partial charge in [0.15, 0.2) is 0 Å². The van der Waals surface area contributed by atoms with Gasteiger partial charge in [0.2, 0.25) is 0 Å². The van der Waals surface area contributed by atoms with Crippen LogP contribution in [0, 0.1) is 0 Å². The lowest BCUT2D eigenvalue weighted by Crippen LogP contribution is -2.13. The van der Waals surface area contributed by atoms with Crippen LogP contribution in [0.25, 0.3) is 0 Å². The molecule has 0 heterocycles.